The number of halogens is 1. The summed E-state index contributed by atoms with van der Waals surface area (Å²) in [4.78, 5) is 24.1. The molecule has 0 amide bonds. The van der Waals surface area contributed by atoms with E-state index in [-0.39, 0.29) is 11.4 Å². The number of aromatic nitrogens is 2. The monoisotopic (exact) mass is 375 g/mol. The molecular formula is C21H18FN5O. The first-order valence-electron chi connectivity index (χ1n) is 9.16. The molecule has 7 heteroatoms. The molecule has 0 radical (unpaired) electrons. The van der Waals surface area contributed by atoms with Gasteiger partial charge >= 0.3 is 0 Å². The average Bonchev–Trinajstić information content (AvgIpc) is 3.11. The summed E-state index contributed by atoms with van der Waals surface area (Å²) in [5.74, 6) is 0.746. The molecule has 0 saturated carbocycles. The van der Waals surface area contributed by atoms with Crippen LogP contribution in [0.1, 0.15) is 23.0 Å². The molecule has 5 rings (SSSR count). The van der Waals surface area contributed by atoms with E-state index in [1.165, 1.54) is 28.3 Å². The summed E-state index contributed by atoms with van der Waals surface area (Å²) in [5.41, 5.74) is 3.50. The van der Waals surface area contributed by atoms with Crippen molar-refractivity contribution in [2.45, 2.75) is 19.5 Å². The van der Waals surface area contributed by atoms with E-state index in [4.69, 9.17) is 4.99 Å². The Balaban J connectivity index is 1.66. The number of para-hydroxylation sites is 1. The zero-order valence-electron chi connectivity index (χ0n) is 15.3. The number of guanidine groups is 1. The van der Waals surface area contributed by atoms with Crippen molar-refractivity contribution in [3.05, 3.63) is 87.6 Å². The highest BCUT2D eigenvalue weighted by Gasteiger charge is 2.30. The molecule has 2 aliphatic heterocycles. The van der Waals surface area contributed by atoms with Crippen LogP contribution in [0.15, 0.2) is 64.4 Å². The maximum absolute atomic E-state index is 13.4. The van der Waals surface area contributed by atoms with Crippen molar-refractivity contribution >= 4 is 17.6 Å². The summed E-state index contributed by atoms with van der Waals surface area (Å²) >= 11 is 0. The van der Waals surface area contributed by atoms with Crippen LogP contribution in [0.2, 0.25) is 0 Å². The topological polar surface area (TPSA) is 62.5 Å². The van der Waals surface area contributed by atoms with Crippen molar-refractivity contribution in [2.24, 2.45) is 4.99 Å². The lowest BCUT2D eigenvalue weighted by molar-refractivity contribution is 0.571. The molecule has 0 aliphatic carbocycles. The predicted molar refractivity (Wildman–Crippen MR) is 106 cm³/mol. The van der Waals surface area contributed by atoms with E-state index in [1.54, 1.807) is 19.1 Å². The Morgan fingerprint density at radius 1 is 1.14 bits per heavy atom. The molecule has 0 saturated heterocycles. The molecule has 0 unspecified atom stereocenters. The molecule has 1 N–H and O–H groups in total. The fourth-order valence-corrected chi connectivity index (χ4v) is 3.79. The van der Waals surface area contributed by atoms with Crippen molar-refractivity contribution in [2.75, 3.05) is 16.8 Å². The first-order valence-corrected chi connectivity index (χ1v) is 9.16. The summed E-state index contributed by atoms with van der Waals surface area (Å²) in [6, 6.07) is 15.7. The molecule has 3 aromatic rings. The van der Waals surface area contributed by atoms with E-state index in [2.05, 4.69) is 27.3 Å². The van der Waals surface area contributed by atoms with Gasteiger partial charge in [0.15, 0.2) is 6.17 Å². The first-order chi connectivity index (χ1) is 13.6. The van der Waals surface area contributed by atoms with Gasteiger partial charge < -0.3 is 4.90 Å². The molecule has 0 spiro atoms. The number of rotatable bonds is 1. The van der Waals surface area contributed by atoms with E-state index in [1.807, 2.05) is 12.1 Å². The molecule has 1 aromatic heterocycles. The number of hydrogen-bond acceptors (Lipinski definition) is 5. The second-order valence-corrected chi connectivity index (χ2v) is 6.96. The van der Waals surface area contributed by atoms with Crippen LogP contribution in [-0.2, 0) is 6.42 Å². The van der Waals surface area contributed by atoms with Crippen molar-refractivity contribution in [1.29, 1.82) is 0 Å². The molecule has 140 valence electrons. The van der Waals surface area contributed by atoms with Gasteiger partial charge in [-0.15, -0.1) is 0 Å². The number of aliphatic imine (C=N–C) groups is 1. The van der Waals surface area contributed by atoms with Gasteiger partial charge in [-0.1, -0.05) is 30.3 Å². The number of hydrogen-bond donors (Lipinski definition) is 1. The van der Waals surface area contributed by atoms with Crippen molar-refractivity contribution in [3.8, 4) is 0 Å². The number of nitrogens with zero attached hydrogens (tertiary/aromatic N) is 4. The third-order valence-corrected chi connectivity index (χ3v) is 5.10. The Kier molecular flexibility index (Phi) is 3.75. The number of benzene rings is 2. The van der Waals surface area contributed by atoms with E-state index < -0.39 is 6.17 Å². The van der Waals surface area contributed by atoms with Gasteiger partial charge in [0.2, 0.25) is 11.9 Å². The lowest BCUT2D eigenvalue weighted by Crippen LogP contribution is -2.43. The van der Waals surface area contributed by atoms with Crippen molar-refractivity contribution < 1.29 is 4.39 Å². The Morgan fingerprint density at radius 3 is 2.75 bits per heavy atom. The number of aryl methyl sites for hydroxylation is 1. The van der Waals surface area contributed by atoms with E-state index >= 15 is 0 Å². The number of nitrogens with one attached hydrogen (secondary N) is 1. The smallest absolute Gasteiger partial charge is 0.257 e. The zero-order valence-corrected chi connectivity index (χ0v) is 15.3. The van der Waals surface area contributed by atoms with Crippen LogP contribution in [0.4, 0.5) is 16.0 Å². The molecular weight excluding hydrogens is 357 g/mol. The third-order valence-electron chi connectivity index (χ3n) is 5.10. The van der Waals surface area contributed by atoms with Gasteiger partial charge in [0.05, 0.1) is 0 Å². The quantitative estimate of drug-likeness (QED) is 0.710. The Bertz CT molecular complexity index is 1150. The minimum absolute atomic E-state index is 0.200. The van der Waals surface area contributed by atoms with Crippen molar-refractivity contribution in [3.63, 3.8) is 0 Å². The molecule has 28 heavy (non-hydrogen) atoms. The SMILES string of the molecule is Cc1cc(=O)n2c(n1)NC(N1CCc3ccccc31)=N[C@H]2c1ccc(F)cc1. The molecule has 2 aliphatic rings. The molecule has 1 atom stereocenters. The van der Waals surface area contributed by atoms with E-state index in [0.717, 1.165) is 24.2 Å². The maximum Gasteiger partial charge on any atom is 0.257 e. The molecule has 2 aromatic carbocycles. The summed E-state index contributed by atoms with van der Waals surface area (Å²) in [5, 5.41) is 3.23. The van der Waals surface area contributed by atoms with Gasteiger partial charge in [-0.2, -0.15) is 0 Å². The Morgan fingerprint density at radius 2 is 1.93 bits per heavy atom. The molecule has 3 heterocycles. The minimum Gasteiger partial charge on any atom is -0.312 e. The van der Waals surface area contributed by atoms with E-state index in [0.29, 0.717) is 17.6 Å². The fraction of sp³-hybridized carbons (Fsp3) is 0.190. The highest BCUT2D eigenvalue weighted by molar-refractivity contribution is 6.06. The lowest BCUT2D eigenvalue weighted by Gasteiger charge is -2.31. The van der Waals surface area contributed by atoms with Crippen LogP contribution in [0, 0.1) is 12.7 Å². The van der Waals surface area contributed by atoms with Crippen LogP contribution in [0.25, 0.3) is 0 Å². The minimum atomic E-state index is -0.611. The van der Waals surface area contributed by atoms with Gasteiger partial charge in [0, 0.05) is 24.0 Å². The average molecular weight is 375 g/mol. The summed E-state index contributed by atoms with van der Waals surface area (Å²) in [7, 11) is 0. The second kappa shape index (κ2) is 6.30. The largest absolute Gasteiger partial charge is 0.312 e. The normalized spacial score (nSPS) is 17.6. The number of anilines is 2. The van der Waals surface area contributed by atoms with Crippen LogP contribution in [0.5, 0.6) is 0 Å². The Labute approximate surface area is 161 Å². The van der Waals surface area contributed by atoms with Gasteiger partial charge in [0.25, 0.3) is 5.56 Å². The number of fused-ring (bicyclic) bond motifs is 2. The zero-order chi connectivity index (χ0) is 19.3. The molecule has 0 fully saturated rings. The standard InChI is InChI=1S/C21H18FN5O/c1-13-12-18(28)27-19(15-6-8-16(22)9-7-15)24-20(25-21(27)23-13)26-11-10-14-4-2-3-5-17(14)26/h2-9,12,19H,10-11H2,1H3,(H,23,24,25)/t19-/m1/s1. The summed E-state index contributed by atoms with van der Waals surface area (Å²) < 4.78 is 14.9. The molecule has 6 nitrogen and oxygen atoms in total. The Hall–Kier alpha value is -3.48. The van der Waals surface area contributed by atoms with Crippen LogP contribution in [-0.4, -0.2) is 22.1 Å². The maximum atomic E-state index is 13.4. The van der Waals surface area contributed by atoms with E-state index in [9.17, 15) is 9.18 Å². The van der Waals surface area contributed by atoms with Gasteiger partial charge in [-0.25, -0.2) is 14.4 Å². The first kappa shape index (κ1) is 16.7. The van der Waals surface area contributed by atoms with Crippen LogP contribution >= 0.6 is 0 Å². The van der Waals surface area contributed by atoms with Gasteiger partial charge in [-0.05, 0) is 42.7 Å². The fourth-order valence-electron chi connectivity index (χ4n) is 3.79. The van der Waals surface area contributed by atoms with Gasteiger partial charge in [-0.3, -0.25) is 14.7 Å². The predicted octanol–water partition coefficient (Wildman–Crippen LogP) is 3.08. The third kappa shape index (κ3) is 2.67. The summed E-state index contributed by atoms with van der Waals surface area (Å²) in [6.07, 6.45) is 0.312. The van der Waals surface area contributed by atoms with Gasteiger partial charge in [0.1, 0.15) is 5.82 Å². The van der Waals surface area contributed by atoms with Crippen LogP contribution < -0.4 is 15.8 Å². The highest BCUT2D eigenvalue weighted by Crippen LogP contribution is 2.32. The van der Waals surface area contributed by atoms with Crippen molar-refractivity contribution in [1.82, 2.24) is 9.55 Å². The van der Waals surface area contributed by atoms with Crippen LogP contribution in [0.3, 0.4) is 0 Å². The second-order valence-electron chi connectivity index (χ2n) is 6.96. The lowest BCUT2D eigenvalue weighted by atomic mass is 10.1. The highest BCUT2D eigenvalue weighted by atomic mass is 19.1. The molecule has 0 bridgehead atoms. The summed E-state index contributed by atoms with van der Waals surface area (Å²) in [6.45, 7) is 2.57.